The number of nitrogens with one attached hydrogen (secondary N) is 1. The van der Waals surface area contributed by atoms with E-state index in [4.69, 9.17) is 16.3 Å². The lowest BCUT2D eigenvalue weighted by Crippen LogP contribution is -2.51. The molecule has 31 heavy (non-hydrogen) atoms. The van der Waals surface area contributed by atoms with Crippen LogP contribution in [0.1, 0.15) is 55.9 Å². The Morgan fingerprint density at radius 2 is 1.97 bits per heavy atom. The fourth-order valence-corrected chi connectivity index (χ4v) is 4.63. The number of hydrogen-bond donors (Lipinski definition) is 3. The van der Waals surface area contributed by atoms with Gasteiger partial charge in [-0.05, 0) is 48.7 Å². The van der Waals surface area contributed by atoms with Gasteiger partial charge in [0.25, 0.3) is 0 Å². The SMILES string of the molecule is CCC(=O)Nc1ccc(C(O)CN2CCC3(CC2)CC(O)c2cc(Cl)ccc2O3)cc1. The largest absolute Gasteiger partial charge is 0.487 e. The molecular formula is C24H29ClN2O4. The minimum atomic E-state index is -0.606. The fraction of sp³-hybridized carbons (Fsp3) is 0.458. The van der Waals surface area contributed by atoms with Gasteiger partial charge < -0.3 is 25.2 Å². The molecule has 0 saturated carbocycles. The zero-order chi connectivity index (χ0) is 22.0. The molecule has 2 aromatic rings. The molecule has 2 aliphatic rings. The zero-order valence-electron chi connectivity index (χ0n) is 17.7. The Morgan fingerprint density at radius 3 is 2.65 bits per heavy atom. The van der Waals surface area contributed by atoms with Crippen molar-refractivity contribution >= 4 is 23.2 Å². The summed E-state index contributed by atoms with van der Waals surface area (Å²) >= 11 is 6.06. The number of anilines is 1. The number of aliphatic hydroxyl groups is 2. The van der Waals surface area contributed by atoms with Gasteiger partial charge in [-0.25, -0.2) is 0 Å². The van der Waals surface area contributed by atoms with Crippen LogP contribution in [0, 0.1) is 0 Å². The molecule has 4 rings (SSSR count). The number of hydrogen-bond acceptors (Lipinski definition) is 5. The monoisotopic (exact) mass is 444 g/mol. The number of halogens is 1. The van der Waals surface area contributed by atoms with Crippen LogP contribution in [0.3, 0.4) is 0 Å². The summed E-state index contributed by atoms with van der Waals surface area (Å²) in [5.74, 6) is 0.684. The number of aliphatic hydroxyl groups excluding tert-OH is 2. The number of carbonyl (C=O) groups excluding carboxylic acids is 1. The number of piperidine rings is 1. The number of rotatable bonds is 5. The normalized spacial score (nSPS) is 21.2. The highest BCUT2D eigenvalue weighted by atomic mass is 35.5. The second-order valence-electron chi connectivity index (χ2n) is 8.53. The van der Waals surface area contributed by atoms with Crippen LogP contribution in [0.5, 0.6) is 5.75 Å². The van der Waals surface area contributed by atoms with Gasteiger partial charge in [-0.2, -0.15) is 0 Å². The van der Waals surface area contributed by atoms with Crippen molar-refractivity contribution < 1.29 is 19.7 Å². The molecule has 0 aromatic heterocycles. The van der Waals surface area contributed by atoms with Gasteiger partial charge in [-0.15, -0.1) is 0 Å². The van der Waals surface area contributed by atoms with Gasteiger partial charge in [0.2, 0.25) is 5.91 Å². The van der Waals surface area contributed by atoms with Crippen molar-refractivity contribution in [3.05, 3.63) is 58.6 Å². The second kappa shape index (κ2) is 9.17. The van der Waals surface area contributed by atoms with Crippen LogP contribution in [0.15, 0.2) is 42.5 Å². The molecule has 2 heterocycles. The highest BCUT2D eigenvalue weighted by molar-refractivity contribution is 6.30. The summed E-state index contributed by atoms with van der Waals surface area (Å²) in [6.07, 6.45) is 1.39. The molecule has 6 nitrogen and oxygen atoms in total. The smallest absolute Gasteiger partial charge is 0.224 e. The first-order valence-electron chi connectivity index (χ1n) is 10.8. The van der Waals surface area contributed by atoms with Crippen molar-refractivity contribution in [3.63, 3.8) is 0 Å². The third-order valence-electron chi connectivity index (χ3n) is 6.32. The van der Waals surface area contributed by atoms with Crippen LogP contribution in [-0.4, -0.2) is 46.3 Å². The lowest BCUT2D eigenvalue weighted by atomic mass is 9.81. The first-order valence-corrected chi connectivity index (χ1v) is 11.2. The van der Waals surface area contributed by atoms with Crippen molar-refractivity contribution in [1.82, 2.24) is 4.90 Å². The molecule has 1 spiro atoms. The standard InChI is InChI=1S/C24H29ClN2O4/c1-2-23(30)26-18-6-3-16(4-7-18)21(29)15-27-11-9-24(10-12-27)14-20(28)19-13-17(25)5-8-22(19)31-24/h3-8,13,20-21,28-29H,2,9-12,14-15H2,1H3,(H,26,30). The number of nitrogens with zero attached hydrogens (tertiary/aromatic N) is 1. The van der Waals surface area contributed by atoms with Gasteiger partial charge in [0.15, 0.2) is 0 Å². The maximum atomic E-state index is 11.5. The van der Waals surface area contributed by atoms with Crippen molar-refractivity contribution in [3.8, 4) is 5.75 Å². The van der Waals surface area contributed by atoms with Gasteiger partial charge in [0.05, 0.1) is 12.2 Å². The summed E-state index contributed by atoms with van der Waals surface area (Å²) < 4.78 is 6.34. The van der Waals surface area contributed by atoms with Crippen LogP contribution in [0.2, 0.25) is 5.02 Å². The Hall–Kier alpha value is -2.12. The molecule has 1 saturated heterocycles. The van der Waals surface area contributed by atoms with Gasteiger partial charge in [-0.1, -0.05) is 30.7 Å². The number of fused-ring (bicyclic) bond motifs is 1. The van der Waals surface area contributed by atoms with Crippen molar-refractivity contribution in [1.29, 1.82) is 0 Å². The van der Waals surface area contributed by atoms with Gasteiger partial charge in [0, 0.05) is 48.7 Å². The second-order valence-corrected chi connectivity index (χ2v) is 8.96. The molecule has 2 aliphatic heterocycles. The molecule has 2 aromatic carbocycles. The summed E-state index contributed by atoms with van der Waals surface area (Å²) in [7, 11) is 0. The average Bonchev–Trinajstić information content (AvgIpc) is 2.76. The van der Waals surface area contributed by atoms with E-state index < -0.39 is 12.2 Å². The maximum absolute atomic E-state index is 11.5. The number of likely N-dealkylation sites (tertiary alicyclic amines) is 1. The Bertz CT molecular complexity index is 926. The number of ether oxygens (including phenoxy) is 1. The van der Waals surface area contributed by atoms with Gasteiger partial charge in [0.1, 0.15) is 11.4 Å². The molecule has 0 bridgehead atoms. The van der Waals surface area contributed by atoms with E-state index in [1.807, 2.05) is 37.3 Å². The van der Waals surface area contributed by atoms with E-state index >= 15 is 0 Å². The van der Waals surface area contributed by atoms with E-state index in [1.165, 1.54) is 0 Å². The topological polar surface area (TPSA) is 82.0 Å². The Kier molecular flexibility index (Phi) is 6.53. The minimum absolute atomic E-state index is 0.0312. The molecule has 0 radical (unpaired) electrons. The van der Waals surface area contributed by atoms with Crippen molar-refractivity contribution in [2.24, 2.45) is 0 Å². The molecule has 2 unspecified atom stereocenters. The van der Waals surface area contributed by atoms with E-state index in [0.717, 1.165) is 42.7 Å². The maximum Gasteiger partial charge on any atom is 0.224 e. The van der Waals surface area contributed by atoms with Crippen LogP contribution in [0.4, 0.5) is 5.69 Å². The molecule has 2 atom stereocenters. The summed E-state index contributed by atoms with van der Waals surface area (Å²) in [4.78, 5) is 13.7. The predicted molar refractivity (Wildman–Crippen MR) is 120 cm³/mol. The average molecular weight is 445 g/mol. The van der Waals surface area contributed by atoms with Crippen LogP contribution in [0.25, 0.3) is 0 Å². The summed E-state index contributed by atoms with van der Waals surface area (Å²) in [5.41, 5.74) is 1.94. The quantitative estimate of drug-likeness (QED) is 0.647. The number of β-amino-alcohol motifs (C(OH)–C–C–N with tert-alkyl or cyclic N) is 1. The Balaban J connectivity index is 1.33. The Labute approximate surface area is 187 Å². The third-order valence-corrected chi connectivity index (χ3v) is 6.56. The lowest BCUT2D eigenvalue weighted by molar-refractivity contribution is -0.115. The first-order chi connectivity index (χ1) is 14.9. The molecule has 3 N–H and O–H groups in total. The van der Waals surface area contributed by atoms with E-state index in [-0.39, 0.29) is 11.5 Å². The Morgan fingerprint density at radius 1 is 1.26 bits per heavy atom. The summed E-state index contributed by atoms with van der Waals surface area (Å²) in [5, 5.41) is 24.7. The fourth-order valence-electron chi connectivity index (χ4n) is 4.45. The predicted octanol–water partition coefficient (Wildman–Crippen LogP) is 4.07. The molecule has 1 amide bonds. The van der Waals surface area contributed by atoms with E-state index in [2.05, 4.69) is 10.2 Å². The van der Waals surface area contributed by atoms with E-state index in [9.17, 15) is 15.0 Å². The number of amides is 1. The third kappa shape index (κ3) is 5.04. The molecular weight excluding hydrogens is 416 g/mol. The summed E-state index contributed by atoms with van der Waals surface area (Å²) in [6.45, 7) is 3.92. The summed E-state index contributed by atoms with van der Waals surface area (Å²) in [6, 6.07) is 12.7. The van der Waals surface area contributed by atoms with Crippen molar-refractivity contribution in [2.45, 2.75) is 50.4 Å². The van der Waals surface area contributed by atoms with Gasteiger partial charge >= 0.3 is 0 Å². The molecule has 166 valence electrons. The molecule has 7 heteroatoms. The first kappa shape index (κ1) is 22.1. The molecule has 1 fully saturated rings. The van der Waals surface area contributed by atoms with Crippen LogP contribution >= 0.6 is 11.6 Å². The van der Waals surface area contributed by atoms with Gasteiger partial charge in [-0.3, -0.25) is 4.79 Å². The molecule has 0 aliphatic carbocycles. The highest BCUT2D eigenvalue weighted by Crippen LogP contribution is 2.45. The lowest BCUT2D eigenvalue weighted by Gasteiger charge is -2.46. The zero-order valence-corrected chi connectivity index (χ0v) is 18.4. The highest BCUT2D eigenvalue weighted by Gasteiger charge is 2.43. The number of benzene rings is 2. The van der Waals surface area contributed by atoms with E-state index in [1.54, 1.807) is 12.1 Å². The minimum Gasteiger partial charge on any atom is -0.487 e. The number of carbonyl (C=O) groups is 1. The van der Waals surface area contributed by atoms with E-state index in [0.29, 0.717) is 30.2 Å². The van der Waals surface area contributed by atoms with Crippen LogP contribution in [-0.2, 0) is 4.79 Å². The van der Waals surface area contributed by atoms with Crippen LogP contribution < -0.4 is 10.1 Å². The van der Waals surface area contributed by atoms with Crippen molar-refractivity contribution in [2.75, 3.05) is 25.0 Å².